The van der Waals surface area contributed by atoms with Gasteiger partial charge in [0.05, 0.1) is 6.07 Å². The third-order valence-electron chi connectivity index (χ3n) is 1.02. The lowest BCUT2D eigenvalue weighted by atomic mass is 10.6. The average Bonchev–Trinajstić information content (AvgIpc) is 1.91. The van der Waals surface area contributed by atoms with Crippen LogP contribution in [-0.2, 0) is 8.85 Å². The molecule has 0 aromatic carbocycles. The summed E-state index contributed by atoms with van der Waals surface area (Å²) in [7, 11) is 1.81. The van der Waals surface area contributed by atoms with E-state index in [9.17, 15) is 0 Å². The van der Waals surface area contributed by atoms with Gasteiger partial charge in [-0.15, -0.1) is 12.4 Å². The summed E-state index contributed by atoms with van der Waals surface area (Å²) in [6.45, 7) is 0. The number of hydrogen-bond donors (Lipinski definition) is 0. The fourth-order valence-electron chi connectivity index (χ4n) is 0.514. The van der Waals surface area contributed by atoms with Crippen molar-refractivity contribution in [3.63, 3.8) is 0 Å². The van der Waals surface area contributed by atoms with Crippen LogP contribution in [0.1, 0.15) is 6.42 Å². The zero-order valence-electron chi connectivity index (χ0n) is 6.16. The van der Waals surface area contributed by atoms with Crippen molar-refractivity contribution < 1.29 is 8.85 Å². The molecule has 3 nitrogen and oxygen atoms in total. The molecule has 0 radical (unpaired) electrons. The van der Waals surface area contributed by atoms with Gasteiger partial charge in [-0.05, 0) is 0 Å². The van der Waals surface area contributed by atoms with Crippen LogP contribution in [-0.4, -0.2) is 23.5 Å². The average molecular weight is 182 g/mol. The topological polar surface area (TPSA) is 42.2 Å². The lowest BCUT2D eigenvalue weighted by Crippen LogP contribution is -2.17. The summed E-state index contributed by atoms with van der Waals surface area (Å²) in [5.74, 6) is 0. The predicted molar refractivity (Wildman–Crippen MR) is 43.5 cm³/mol. The van der Waals surface area contributed by atoms with Gasteiger partial charge in [0.25, 0.3) is 0 Å². The van der Waals surface area contributed by atoms with Crippen LogP contribution in [0.5, 0.6) is 0 Å². The molecule has 0 unspecified atom stereocenters. The Bertz CT molecular complexity index is 102. The molecule has 0 aromatic heterocycles. The quantitative estimate of drug-likeness (QED) is 0.604. The van der Waals surface area contributed by atoms with Gasteiger partial charge in [0, 0.05) is 26.7 Å². The molecule has 0 aromatic rings. The highest BCUT2D eigenvalue weighted by atomic mass is 35.5. The Hall–Kier alpha value is -0.0831. The second kappa shape index (κ2) is 8.92. The van der Waals surface area contributed by atoms with Gasteiger partial charge in [0.15, 0.2) is 0 Å². The minimum absolute atomic E-state index is 0. The van der Waals surface area contributed by atoms with Crippen LogP contribution in [0.15, 0.2) is 0 Å². The summed E-state index contributed by atoms with van der Waals surface area (Å²) in [4.78, 5) is 0. The summed E-state index contributed by atoms with van der Waals surface area (Å²) in [5.41, 5.74) is 0. The number of hydrogen-bond acceptors (Lipinski definition) is 3. The summed E-state index contributed by atoms with van der Waals surface area (Å²) < 4.78 is 9.93. The van der Waals surface area contributed by atoms with Crippen LogP contribution in [0, 0.1) is 11.3 Å². The maximum atomic E-state index is 8.17. The Morgan fingerprint density at radius 3 is 2.20 bits per heavy atom. The van der Waals surface area contributed by atoms with Crippen molar-refractivity contribution in [3.05, 3.63) is 0 Å². The van der Waals surface area contributed by atoms with E-state index in [1.807, 2.05) is 6.07 Å². The van der Waals surface area contributed by atoms with Crippen LogP contribution >= 0.6 is 12.4 Å². The van der Waals surface area contributed by atoms with Gasteiger partial charge in [0.2, 0.25) is 0 Å². The molecule has 0 atom stereocenters. The lowest BCUT2D eigenvalue weighted by molar-refractivity contribution is 0.278. The van der Waals surface area contributed by atoms with Crippen LogP contribution in [0.2, 0.25) is 6.04 Å². The monoisotopic (exact) mass is 181 g/mol. The first-order valence-electron chi connectivity index (χ1n) is 2.77. The molecule has 0 aliphatic rings. The molecule has 0 aliphatic heterocycles. The minimum atomic E-state index is -1.43. The van der Waals surface area contributed by atoms with Crippen molar-refractivity contribution in [1.29, 1.82) is 5.26 Å². The number of rotatable bonds is 4. The molecule has 0 saturated heterocycles. The van der Waals surface area contributed by atoms with Gasteiger partial charge in [-0.2, -0.15) is 5.26 Å². The summed E-state index contributed by atoms with van der Waals surface area (Å²) in [6, 6.07) is 2.82. The highest BCUT2D eigenvalue weighted by Crippen LogP contribution is 1.96. The van der Waals surface area contributed by atoms with Crippen molar-refractivity contribution in [2.45, 2.75) is 12.5 Å². The molecule has 0 amide bonds. The molecule has 0 fully saturated rings. The Kier molecular flexibility index (Phi) is 11.2. The molecule has 5 heteroatoms. The number of nitrogens with zero attached hydrogens (tertiary/aromatic N) is 1. The summed E-state index contributed by atoms with van der Waals surface area (Å²) >= 11 is 0. The van der Waals surface area contributed by atoms with Gasteiger partial charge in [-0.1, -0.05) is 0 Å². The summed E-state index contributed by atoms with van der Waals surface area (Å²) in [6.07, 6.45) is 0.540. The molecular weight excluding hydrogens is 170 g/mol. The zero-order chi connectivity index (χ0) is 7.11. The molecule has 0 bridgehead atoms. The van der Waals surface area contributed by atoms with Crippen LogP contribution in [0.25, 0.3) is 0 Å². The fraction of sp³-hybridized carbons (Fsp3) is 0.800. The van der Waals surface area contributed by atoms with Gasteiger partial charge >= 0.3 is 9.28 Å². The Balaban J connectivity index is 0. The van der Waals surface area contributed by atoms with Crippen molar-refractivity contribution in [2.75, 3.05) is 14.2 Å². The molecule has 0 saturated carbocycles. The highest BCUT2D eigenvalue weighted by Gasteiger charge is 2.06. The first kappa shape index (κ1) is 12.6. The molecule has 0 aliphatic carbocycles. The lowest BCUT2D eigenvalue weighted by Gasteiger charge is -2.06. The molecule has 60 valence electrons. The highest BCUT2D eigenvalue weighted by molar-refractivity contribution is 6.44. The van der Waals surface area contributed by atoms with E-state index in [4.69, 9.17) is 14.1 Å². The van der Waals surface area contributed by atoms with Gasteiger partial charge in [-0.3, -0.25) is 0 Å². The van der Waals surface area contributed by atoms with E-state index >= 15 is 0 Å². The Morgan fingerprint density at radius 1 is 1.40 bits per heavy atom. The van der Waals surface area contributed by atoms with Crippen molar-refractivity contribution in [2.24, 2.45) is 0 Å². The second-order valence-corrected chi connectivity index (χ2v) is 3.98. The molecule has 0 heterocycles. The fourth-order valence-corrected chi connectivity index (χ4v) is 1.54. The molecule has 0 rings (SSSR count). The third-order valence-corrected chi connectivity index (χ3v) is 2.83. The maximum absolute atomic E-state index is 8.17. The van der Waals surface area contributed by atoms with Crippen molar-refractivity contribution >= 4 is 21.7 Å². The first-order chi connectivity index (χ1) is 4.35. The van der Waals surface area contributed by atoms with E-state index in [0.717, 1.165) is 6.04 Å². The van der Waals surface area contributed by atoms with E-state index in [1.165, 1.54) is 0 Å². The SMILES string of the molecule is CO[SiH](CCC#N)OC.Cl. The predicted octanol–water partition coefficient (Wildman–Crippen LogP) is 0.835. The van der Waals surface area contributed by atoms with Crippen LogP contribution in [0.3, 0.4) is 0 Å². The molecular formula is C5H12ClNO2Si. The van der Waals surface area contributed by atoms with Gasteiger partial charge in [0.1, 0.15) is 0 Å². The molecule has 0 N–H and O–H groups in total. The van der Waals surface area contributed by atoms with Crippen molar-refractivity contribution in [1.82, 2.24) is 0 Å². The Morgan fingerprint density at radius 2 is 1.90 bits per heavy atom. The normalized spacial score (nSPS) is 8.60. The summed E-state index contributed by atoms with van der Waals surface area (Å²) in [5, 5.41) is 8.17. The standard InChI is InChI=1S/C5H11NO2Si.ClH/c1-7-9(8-2)5-3-4-6;/h9H,3,5H2,1-2H3;1H. The third kappa shape index (κ3) is 6.04. The van der Waals surface area contributed by atoms with E-state index < -0.39 is 9.28 Å². The first-order valence-corrected chi connectivity index (χ1v) is 4.53. The Labute approximate surface area is 69.2 Å². The molecule has 0 spiro atoms. The number of halogens is 1. The smallest absolute Gasteiger partial charge is 0.321 e. The van der Waals surface area contributed by atoms with Crippen LogP contribution in [0.4, 0.5) is 0 Å². The molecule has 10 heavy (non-hydrogen) atoms. The maximum Gasteiger partial charge on any atom is 0.321 e. The largest absolute Gasteiger partial charge is 0.400 e. The van der Waals surface area contributed by atoms with E-state index in [0.29, 0.717) is 6.42 Å². The minimum Gasteiger partial charge on any atom is -0.400 e. The van der Waals surface area contributed by atoms with E-state index in [-0.39, 0.29) is 12.4 Å². The van der Waals surface area contributed by atoms with Crippen molar-refractivity contribution in [3.8, 4) is 6.07 Å². The zero-order valence-corrected chi connectivity index (χ0v) is 8.13. The van der Waals surface area contributed by atoms with E-state index in [2.05, 4.69) is 0 Å². The number of nitriles is 1. The van der Waals surface area contributed by atoms with Crippen LogP contribution < -0.4 is 0 Å². The second-order valence-electron chi connectivity index (χ2n) is 1.60. The van der Waals surface area contributed by atoms with E-state index in [1.54, 1.807) is 14.2 Å². The van der Waals surface area contributed by atoms with Gasteiger partial charge < -0.3 is 8.85 Å². The van der Waals surface area contributed by atoms with Gasteiger partial charge in [-0.25, -0.2) is 0 Å².